The van der Waals surface area contributed by atoms with Gasteiger partial charge in [-0.3, -0.25) is 4.79 Å². The standard InChI is InChI=1S/C21H22FN3O.ClH/c1-15-13-24(11-10-23-15)21(26)20-12-16-6-3-5-9-19(16)25(20)14-17-7-2-4-8-18(17)22;/h2-9,12,15,23H,10-11,13-14H2,1H3;1H/t15-;/m1./s1. The fraction of sp³-hybridized carbons (Fsp3) is 0.286. The molecule has 1 amide bonds. The van der Waals surface area contributed by atoms with Crippen molar-refractivity contribution >= 4 is 29.2 Å². The summed E-state index contributed by atoms with van der Waals surface area (Å²) >= 11 is 0. The quantitative estimate of drug-likeness (QED) is 0.744. The van der Waals surface area contributed by atoms with Crippen LogP contribution < -0.4 is 5.32 Å². The average molecular weight is 388 g/mol. The lowest BCUT2D eigenvalue weighted by Gasteiger charge is -2.32. The van der Waals surface area contributed by atoms with E-state index in [1.54, 1.807) is 12.1 Å². The number of amides is 1. The molecule has 142 valence electrons. The van der Waals surface area contributed by atoms with Gasteiger partial charge >= 0.3 is 0 Å². The summed E-state index contributed by atoms with van der Waals surface area (Å²) in [6, 6.07) is 16.8. The minimum absolute atomic E-state index is 0. The summed E-state index contributed by atoms with van der Waals surface area (Å²) in [6.07, 6.45) is 0. The zero-order valence-corrected chi connectivity index (χ0v) is 16.0. The van der Waals surface area contributed by atoms with Gasteiger partial charge in [-0.2, -0.15) is 0 Å². The summed E-state index contributed by atoms with van der Waals surface area (Å²) in [4.78, 5) is 15.1. The van der Waals surface area contributed by atoms with Crippen molar-refractivity contribution in [3.05, 3.63) is 71.7 Å². The highest BCUT2D eigenvalue weighted by atomic mass is 35.5. The Morgan fingerprint density at radius 3 is 2.70 bits per heavy atom. The first-order chi connectivity index (χ1) is 12.6. The number of rotatable bonds is 3. The maximum atomic E-state index is 14.2. The topological polar surface area (TPSA) is 37.3 Å². The van der Waals surface area contributed by atoms with Gasteiger partial charge in [0, 0.05) is 42.1 Å². The SMILES string of the molecule is C[C@@H]1CN(C(=O)c2cc3ccccc3n2Cc2ccccc2F)CCN1.Cl. The summed E-state index contributed by atoms with van der Waals surface area (Å²) in [7, 11) is 0. The molecule has 1 aromatic heterocycles. The first-order valence-electron chi connectivity index (χ1n) is 8.98. The van der Waals surface area contributed by atoms with E-state index in [0.717, 1.165) is 17.4 Å². The zero-order chi connectivity index (χ0) is 18.1. The highest BCUT2D eigenvalue weighted by molar-refractivity contribution is 5.99. The van der Waals surface area contributed by atoms with E-state index in [9.17, 15) is 9.18 Å². The Morgan fingerprint density at radius 1 is 1.19 bits per heavy atom. The number of carbonyl (C=O) groups excluding carboxylic acids is 1. The molecule has 1 atom stereocenters. The van der Waals surface area contributed by atoms with E-state index in [-0.39, 0.29) is 30.2 Å². The maximum Gasteiger partial charge on any atom is 0.270 e. The van der Waals surface area contributed by atoms with Gasteiger partial charge in [0.15, 0.2) is 0 Å². The molecule has 4 rings (SSSR count). The van der Waals surface area contributed by atoms with Gasteiger partial charge in [0.25, 0.3) is 5.91 Å². The number of para-hydroxylation sites is 1. The van der Waals surface area contributed by atoms with Gasteiger partial charge < -0.3 is 14.8 Å². The number of piperazine rings is 1. The van der Waals surface area contributed by atoms with Crippen molar-refractivity contribution in [2.75, 3.05) is 19.6 Å². The average Bonchev–Trinajstić information content (AvgIpc) is 3.01. The molecule has 0 radical (unpaired) electrons. The van der Waals surface area contributed by atoms with Gasteiger partial charge in [0.05, 0.1) is 6.54 Å². The number of nitrogens with one attached hydrogen (secondary N) is 1. The number of nitrogens with zero attached hydrogens (tertiary/aromatic N) is 2. The fourth-order valence-corrected chi connectivity index (χ4v) is 3.63. The smallest absolute Gasteiger partial charge is 0.270 e. The largest absolute Gasteiger partial charge is 0.335 e. The third-order valence-electron chi connectivity index (χ3n) is 4.97. The maximum absolute atomic E-state index is 14.2. The van der Waals surface area contributed by atoms with Gasteiger partial charge in [-0.15, -0.1) is 12.4 Å². The van der Waals surface area contributed by atoms with Crippen LogP contribution in [0.2, 0.25) is 0 Å². The summed E-state index contributed by atoms with van der Waals surface area (Å²) in [6.45, 7) is 4.57. The number of hydrogen-bond donors (Lipinski definition) is 1. The highest BCUT2D eigenvalue weighted by Crippen LogP contribution is 2.23. The van der Waals surface area contributed by atoms with Crippen LogP contribution in [0.1, 0.15) is 23.0 Å². The first kappa shape index (κ1) is 19.4. The number of benzene rings is 2. The number of fused-ring (bicyclic) bond motifs is 1. The number of carbonyl (C=O) groups is 1. The molecule has 0 spiro atoms. The van der Waals surface area contributed by atoms with Crippen LogP contribution in [0.15, 0.2) is 54.6 Å². The van der Waals surface area contributed by atoms with Crippen molar-refractivity contribution in [2.24, 2.45) is 0 Å². The Hall–Kier alpha value is -2.37. The molecule has 1 N–H and O–H groups in total. The lowest BCUT2D eigenvalue weighted by Crippen LogP contribution is -2.51. The molecule has 1 fully saturated rings. The zero-order valence-electron chi connectivity index (χ0n) is 15.2. The lowest BCUT2D eigenvalue weighted by atomic mass is 10.2. The molecule has 1 saturated heterocycles. The molecule has 1 aliphatic rings. The summed E-state index contributed by atoms with van der Waals surface area (Å²) in [5.41, 5.74) is 2.14. The molecule has 0 unspecified atom stereocenters. The Balaban J connectivity index is 0.00000210. The number of aromatic nitrogens is 1. The minimum atomic E-state index is -0.250. The second kappa shape index (κ2) is 8.11. The molecular weight excluding hydrogens is 365 g/mol. The molecule has 2 aromatic carbocycles. The van der Waals surface area contributed by atoms with E-state index in [1.807, 2.05) is 45.9 Å². The van der Waals surface area contributed by atoms with Crippen molar-refractivity contribution in [2.45, 2.75) is 19.5 Å². The van der Waals surface area contributed by atoms with E-state index in [4.69, 9.17) is 0 Å². The van der Waals surface area contributed by atoms with Gasteiger partial charge in [-0.05, 0) is 25.1 Å². The van der Waals surface area contributed by atoms with Crippen molar-refractivity contribution in [1.82, 2.24) is 14.8 Å². The van der Waals surface area contributed by atoms with Gasteiger partial charge in [-0.1, -0.05) is 36.4 Å². The van der Waals surface area contributed by atoms with Crippen LogP contribution in [-0.4, -0.2) is 41.1 Å². The molecule has 3 aromatic rings. The monoisotopic (exact) mass is 387 g/mol. The minimum Gasteiger partial charge on any atom is -0.335 e. The fourth-order valence-electron chi connectivity index (χ4n) is 3.63. The first-order valence-corrected chi connectivity index (χ1v) is 8.98. The Morgan fingerprint density at radius 2 is 1.93 bits per heavy atom. The summed E-state index contributed by atoms with van der Waals surface area (Å²) < 4.78 is 16.1. The molecule has 27 heavy (non-hydrogen) atoms. The highest BCUT2D eigenvalue weighted by Gasteiger charge is 2.25. The lowest BCUT2D eigenvalue weighted by molar-refractivity contribution is 0.0699. The Bertz CT molecular complexity index is 956. The molecule has 0 bridgehead atoms. The Kier molecular flexibility index (Phi) is 5.82. The predicted molar refractivity (Wildman–Crippen MR) is 108 cm³/mol. The van der Waals surface area contributed by atoms with Crippen molar-refractivity contribution < 1.29 is 9.18 Å². The Labute approximate surface area is 164 Å². The molecular formula is C21H23ClFN3O. The van der Waals surface area contributed by atoms with Crippen LogP contribution in [0.25, 0.3) is 10.9 Å². The van der Waals surface area contributed by atoms with Gasteiger partial charge in [-0.25, -0.2) is 4.39 Å². The molecule has 2 heterocycles. The normalized spacial score (nSPS) is 17.0. The molecule has 0 saturated carbocycles. The van der Waals surface area contributed by atoms with Crippen LogP contribution >= 0.6 is 12.4 Å². The molecule has 4 nitrogen and oxygen atoms in total. The predicted octanol–water partition coefficient (Wildman–Crippen LogP) is 3.68. The van der Waals surface area contributed by atoms with Gasteiger partial charge in [0.2, 0.25) is 0 Å². The number of halogens is 2. The van der Waals surface area contributed by atoms with Crippen LogP contribution in [0.3, 0.4) is 0 Å². The molecule has 0 aliphatic carbocycles. The van der Waals surface area contributed by atoms with Crippen molar-refractivity contribution in [3.8, 4) is 0 Å². The number of hydrogen-bond acceptors (Lipinski definition) is 2. The summed E-state index contributed by atoms with van der Waals surface area (Å²) in [5, 5.41) is 4.35. The molecule has 6 heteroatoms. The van der Waals surface area contributed by atoms with Crippen molar-refractivity contribution in [3.63, 3.8) is 0 Å². The second-order valence-corrected chi connectivity index (χ2v) is 6.87. The van der Waals surface area contributed by atoms with E-state index >= 15 is 0 Å². The van der Waals surface area contributed by atoms with E-state index in [0.29, 0.717) is 30.9 Å². The van der Waals surface area contributed by atoms with Crippen LogP contribution in [0, 0.1) is 5.82 Å². The third kappa shape index (κ3) is 3.84. The van der Waals surface area contributed by atoms with Gasteiger partial charge in [0.1, 0.15) is 11.5 Å². The van der Waals surface area contributed by atoms with E-state index < -0.39 is 0 Å². The van der Waals surface area contributed by atoms with Crippen LogP contribution in [0.5, 0.6) is 0 Å². The third-order valence-corrected chi connectivity index (χ3v) is 4.97. The summed E-state index contributed by atoms with van der Waals surface area (Å²) in [5.74, 6) is -0.245. The van der Waals surface area contributed by atoms with Crippen LogP contribution in [-0.2, 0) is 6.54 Å². The second-order valence-electron chi connectivity index (χ2n) is 6.87. The molecule has 1 aliphatic heterocycles. The van der Waals surface area contributed by atoms with Crippen molar-refractivity contribution in [1.29, 1.82) is 0 Å². The van der Waals surface area contributed by atoms with Crippen LogP contribution in [0.4, 0.5) is 4.39 Å². The van der Waals surface area contributed by atoms with E-state index in [1.165, 1.54) is 6.07 Å². The van der Waals surface area contributed by atoms with E-state index in [2.05, 4.69) is 12.2 Å².